The molecule has 4 nitrogen and oxygen atoms in total. The molecule has 2 aromatic rings. The Morgan fingerprint density at radius 1 is 1.26 bits per heavy atom. The van der Waals surface area contributed by atoms with Gasteiger partial charge in [0.2, 0.25) is 0 Å². The highest BCUT2D eigenvalue weighted by Crippen LogP contribution is 2.31. The molecule has 0 aromatic carbocycles. The number of hydrogen-bond acceptors (Lipinski definition) is 5. The normalized spacial score (nSPS) is 15.6. The summed E-state index contributed by atoms with van der Waals surface area (Å²) in [6.07, 6.45) is 3.85. The Kier molecular flexibility index (Phi) is 6.56. The van der Waals surface area contributed by atoms with Crippen LogP contribution in [0, 0.1) is 0 Å². The fourth-order valence-corrected chi connectivity index (χ4v) is 3.16. The van der Waals surface area contributed by atoms with E-state index >= 15 is 0 Å². The van der Waals surface area contributed by atoms with Gasteiger partial charge in [-0.2, -0.15) is 0 Å². The zero-order valence-corrected chi connectivity index (χ0v) is 13.3. The topological polar surface area (TPSA) is 49.8 Å². The molecule has 0 radical (unpaired) electrons. The molecule has 0 amide bonds. The fourth-order valence-electron chi connectivity index (χ4n) is 2.10. The number of hydrogen-bond donors (Lipinski definition) is 2. The van der Waals surface area contributed by atoms with Crippen LogP contribution in [0.25, 0.3) is 10.2 Å². The van der Waals surface area contributed by atoms with Crippen molar-refractivity contribution < 1.29 is 0 Å². The van der Waals surface area contributed by atoms with Crippen molar-refractivity contribution in [3.63, 3.8) is 0 Å². The van der Waals surface area contributed by atoms with Crippen LogP contribution in [0.1, 0.15) is 12.8 Å². The standard InChI is InChI=1S/C11H13ClN4S.2ClH/c12-9-5-8-10(14-6-15-11(8)17-9)16-7-1-3-13-4-2-7;;/h5-7,13H,1-4H2,(H,14,15,16);2*1H. The number of rotatable bonds is 2. The van der Waals surface area contributed by atoms with Crippen LogP contribution in [0.4, 0.5) is 5.82 Å². The van der Waals surface area contributed by atoms with E-state index in [0.29, 0.717) is 6.04 Å². The van der Waals surface area contributed by atoms with Crippen molar-refractivity contribution >= 4 is 63.8 Å². The first-order valence-electron chi connectivity index (χ1n) is 5.70. The first-order valence-corrected chi connectivity index (χ1v) is 6.89. The van der Waals surface area contributed by atoms with Crippen LogP contribution in [0.15, 0.2) is 12.4 Å². The number of nitrogens with zero attached hydrogens (tertiary/aromatic N) is 2. The van der Waals surface area contributed by atoms with Crippen molar-refractivity contribution in [3.8, 4) is 0 Å². The van der Waals surface area contributed by atoms with Crippen LogP contribution in [-0.2, 0) is 0 Å². The molecule has 1 aliphatic heterocycles. The Hall–Kier alpha value is -0.330. The lowest BCUT2D eigenvalue weighted by Crippen LogP contribution is -2.35. The van der Waals surface area contributed by atoms with Gasteiger partial charge in [-0.15, -0.1) is 36.2 Å². The maximum atomic E-state index is 6.01. The van der Waals surface area contributed by atoms with Crippen LogP contribution < -0.4 is 10.6 Å². The lowest BCUT2D eigenvalue weighted by Gasteiger charge is -2.24. The highest BCUT2D eigenvalue weighted by atomic mass is 35.5. The summed E-state index contributed by atoms with van der Waals surface area (Å²) in [6, 6.07) is 2.43. The fraction of sp³-hybridized carbons (Fsp3) is 0.455. The van der Waals surface area contributed by atoms with Gasteiger partial charge in [-0.25, -0.2) is 9.97 Å². The molecule has 2 N–H and O–H groups in total. The first-order chi connectivity index (χ1) is 8.33. The molecule has 2 aromatic heterocycles. The summed E-state index contributed by atoms with van der Waals surface area (Å²) in [4.78, 5) is 9.49. The minimum Gasteiger partial charge on any atom is -0.367 e. The second-order valence-corrected chi connectivity index (χ2v) is 5.82. The van der Waals surface area contributed by atoms with Gasteiger partial charge >= 0.3 is 0 Å². The Morgan fingerprint density at radius 2 is 2.00 bits per heavy atom. The van der Waals surface area contributed by atoms with Crippen molar-refractivity contribution in [1.29, 1.82) is 0 Å². The molecule has 1 saturated heterocycles. The van der Waals surface area contributed by atoms with Crippen LogP contribution in [0.5, 0.6) is 0 Å². The quantitative estimate of drug-likeness (QED) is 0.879. The van der Waals surface area contributed by atoms with Crippen molar-refractivity contribution in [2.45, 2.75) is 18.9 Å². The second kappa shape index (κ2) is 7.45. The number of aromatic nitrogens is 2. The van der Waals surface area contributed by atoms with E-state index in [2.05, 4.69) is 20.6 Å². The van der Waals surface area contributed by atoms with Crippen molar-refractivity contribution in [3.05, 3.63) is 16.7 Å². The molecule has 3 rings (SSSR count). The van der Waals surface area contributed by atoms with Gasteiger partial charge < -0.3 is 10.6 Å². The van der Waals surface area contributed by atoms with E-state index in [4.69, 9.17) is 11.6 Å². The predicted molar refractivity (Wildman–Crippen MR) is 86.4 cm³/mol. The van der Waals surface area contributed by atoms with Gasteiger partial charge in [0, 0.05) is 6.04 Å². The molecule has 0 spiro atoms. The Labute approximate surface area is 133 Å². The minimum atomic E-state index is 0. The maximum Gasteiger partial charge on any atom is 0.138 e. The average molecular weight is 342 g/mol. The van der Waals surface area contributed by atoms with Gasteiger partial charge in [0.1, 0.15) is 17.0 Å². The third-order valence-corrected chi connectivity index (χ3v) is 4.15. The third-order valence-electron chi connectivity index (χ3n) is 2.98. The van der Waals surface area contributed by atoms with Crippen LogP contribution in [-0.4, -0.2) is 29.1 Å². The maximum absolute atomic E-state index is 6.01. The van der Waals surface area contributed by atoms with Gasteiger partial charge in [-0.05, 0) is 32.0 Å². The molecule has 0 saturated carbocycles. The van der Waals surface area contributed by atoms with Crippen molar-refractivity contribution in [1.82, 2.24) is 15.3 Å². The summed E-state index contributed by atoms with van der Waals surface area (Å²) in [5.41, 5.74) is 0. The average Bonchev–Trinajstić information content (AvgIpc) is 2.72. The van der Waals surface area contributed by atoms with E-state index in [1.54, 1.807) is 6.33 Å². The summed E-state index contributed by atoms with van der Waals surface area (Å²) >= 11 is 7.50. The Morgan fingerprint density at radius 3 is 2.74 bits per heavy atom. The lowest BCUT2D eigenvalue weighted by atomic mass is 10.1. The largest absolute Gasteiger partial charge is 0.367 e. The molecule has 1 fully saturated rings. The van der Waals surface area contributed by atoms with E-state index in [1.165, 1.54) is 11.3 Å². The van der Waals surface area contributed by atoms with E-state index in [-0.39, 0.29) is 24.8 Å². The lowest BCUT2D eigenvalue weighted by molar-refractivity contribution is 0.478. The number of nitrogens with one attached hydrogen (secondary N) is 2. The van der Waals surface area contributed by atoms with E-state index in [9.17, 15) is 0 Å². The Balaban J connectivity index is 0.000000902. The molecule has 0 unspecified atom stereocenters. The van der Waals surface area contributed by atoms with Gasteiger partial charge in [-0.1, -0.05) is 11.6 Å². The van der Waals surface area contributed by atoms with E-state index in [0.717, 1.165) is 46.3 Å². The molecular weight excluding hydrogens is 327 g/mol. The molecule has 3 heterocycles. The SMILES string of the molecule is Cl.Cl.Clc1cc2c(NC3CCNCC3)ncnc2s1. The monoisotopic (exact) mass is 340 g/mol. The zero-order chi connectivity index (χ0) is 11.7. The number of fused-ring (bicyclic) bond motifs is 1. The summed E-state index contributed by atoms with van der Waals surface area (Å²) in [6.45, 7) is 2.13. The number of piperidine rings is 1. The highest BCUT2D eigenvalue weighted by Gasteiger charge is 2.15. The van der Waals surface area contributed by atoms with Gasteiger partial charge in [-0.3, -0.25) is 0 Å². The molecule has 0 atom stereocenters. The van der Waals surface area contributed by atoms with Crippen LogP contribution in [0.3, 0.4) is 0 Å². The summed E-state index contributed by atoms with van der Waals surface area (Å²) in [7, 11) is 0. The molecule has 0 bridgehead atoms. The number of anilines is 1. The van der Waals surface area contributed by atoms with Gasteiger partial charge in [0.05, 0.1) is 9.72 Å². The molecule has 19 heavy (non-hydrogen) atoms. The third kappa shape index (κ3) is 3.83. The molecule has 106 valence electrons. The van der Waals surface area contributed by atoms with Gasteiger partial charge in [0.25, 0.3) is 0 Å². The van der Waals surface area contributed by atoms with Crippen molar-refractivity contribution in [2.24, 2.45) is 0 Å². The minimum absolute atomic E-state index is 0. The Bertz CT molecular complexity index is 528. The van der Waals surface area contributed by atoms with Crippen LogP contribution >= 0.6 is 47.8 Å². The molecule has 8 heteroatoms. The number of thiophene rings is 1. The molecule has 1 aliphatic rings. The summed E-state index contributed by atoms with van der Waals surface area (Å²) in [5, 5.41) is 7.87. The summed E-state index contributed by atoms with van der Waals surface area (Å²) < 4.78 is 0.758. The van der Waals surface area contributed by atoms with Crippen molar-refractivity contribution in [2.75, 3.05) is 18.4 Å². The smallest absolute Gasteiger partial charge is 0.138 e. The van der Waals surface area contributed by atoms with Gasteiger partial charge in [0.15, 0.2) is 0 Å². The van der Waals surface area contributed by atoms with E-state index < -0.39 is 0 Å². The highest BCUT2D eigenvalue weighted by molar-refractivity contribution is 7.22. The second-order valence-electron chi connectivity index (χ2n) is 4.16. The van der Waals surface area contributed by atoms with E-state index in [1.807, 2.05) is 6.07 Å². The molecular formula is C11H15Cl3N4S. The first kappa shape index (κ1) is 16.7. The zero-order valence-electron chi connectivity index (χ0n) is 10.1. The number of halogens is 3. The summed E-state index contributed by atoms with van der Waals surface area (Å²) in [5.74, 6) is 0.907. The van der Waals surface area contributed by atoms with Crippen LogP contribution in [0.2, 0.25) is 4.34 Å². The molecule has 0 aliphatic carbocycles. The predicted octanol–water partition coefficient (Wildman–Crippen LogP) is 3.35.